The monoisotopic (exact) mass is 221 g/mol. The highest BCUT2D eigenvalue weighted by atomic mass is 35.5. The summed E-state index contributed by atoms with van der Waals surface area (Å²) >= 11 is 6.29. The molecule has 0 radical (unpaired) electrons. The normalized spacial score (nSPS) is 15.0. The molecular weight excluding hydrogens is 206 g/mol. The lowest BCUT2D eigenvalue weighted by molar-refractivity contribution is 0.744. The van der Waals surface area contributed by atoms with E-state index in [9.17, 15) is 0 Å². The first-order valence-electron chi connectivity index (χ1n) is 5.29. The molecule has 1 aromatic carbocycles. The number of rotatable bonds is 1. The highest BCUT2D eigenvalue weighted by Gasteiger charge is 2.17. The van der Waals surface area contributed by atoms with Crippen LogP contribution in [0.4, 0.5) is 5.69 Å². The number of fused-ring (bicyclic) bond motifs is 1. The van der Waals surface area contributed by atoms with Gasteiger partial charge in [0, 0.05) is 24.3 Å². The van der Waals surface area contributed by atoms with Crippen molar-refractivity contribution in [3.8, 4) is 0 Å². The summed E-state index contributed by atoms with van der Waals surface area (Å²) in [5.74, 6) is 0. The Morgan fingerprint density at radius 3 is 2.87 bits per heavy atom. The van der Waals surface area contributed by atoms with Gasteiger partial charge in [-0.2, -0.15) is 0 Å². The molecule has 0 saturated heterocycles. The summed E-state index contributed by atoms with van der Waals surface area (Å²) in [5.41, 5.74) is 4.77. The van der Waals surface area contributed by atoms with Crippen LogP contribution >= 0.6 is 11.6 Å². The Morgan fingerprint density at radius 1 is 1.47 bits per heavy atom. The van der Waals surface area contributed by atoms with Gasteiger partial charge in [-0.3, -0.25) is 0 Å². The van der Waals surface area contributed by atoms with Crippen LogP contribution < -0.4 is 4.90 Å². The molecule has 0 fully saturated rings. The minimum Gasteiger partial charge on any atom is -0.374 e. The molecule has 2 rings (SSSR count). The van der Waals surface area contributed by atoms with Crippen LogP contribution in [0.3, 0.4) is 0 Å². The zero-order valence-corrected chi connectivity index (χ0v) is 10.1. The maximum Gasteiger partial charge on any atom is 0.0464 e. The third kappa shape index (κ3) is 1.89. The summed E-state index contributed by atoms with van der Waals surface area (Å²) in [5, 5.41) is 0.886. The average Bonchev–Trinajstić information content (AvgIpc) is 2.19. The summed E-state index contributed by atoms with van der Waals surface area (Å²) in [6, 6.07) is 4.23. The van der Waals surface area contributed by atoms with Crippen molar-refractivity contribution >= 4 is 22.9 Å². The van der Waals surface area contributed by atoms with Crippen LogP contribution in [-0.2, 0) is 6.42 Å². The zero-order chi connectivity index (χ0) is 11.0. The molecule has 1 heterocycles. The topological polar surface area (TPSA) is 3.24 Å². The third-order valence-corrected chi connectivity index (χ3v) is 3.33. The van der Waals surface area contributed by atoms with E-state index in [1.807, 2.05) is 13.0 Å². The Bertz CT molecular complexity index is 409. The van der Waals surface area contributed by atoms with E-state index in [1.165, 1.54) is 17.7 Å². The van der Waals surface area contributed by atoms with Crippen molar-refractivity contribution in [2.45, 2.75) is 19.8 Å². The molecular formula is C13H16ClN. The van der Waals surface area contributed by atoms with Crippen molar-refractivity contribution in [2.24, 2.45) is 0 Å². The van der Waals surface area contributed by atoms with Crippen LogP contribution in [0.25, 0.3) is 5.57 Å². The summed E-state index contributed by atoms with van der Waals surface area (Å²) < 4.78 is 0. The van der Waals surface area contributed by atoms with E-state index in [0.717, 1.165) is 29.1 Å². The quantitative estimate of drug-likeness (QED) is 0.698. The largest absolute Gasteiger partial charge is 0.374 e. The van der Waals surface area contributed by atoms with Gasteiger partial charge in [0.15, 0.2) is 0 Å². The van der Waals surface area contributed by atoms with Gasteiger partial charge in [0.2, 0.25) is 0 Å². The maximum atomic E-state index is 6.29. The molecule has 0 spiro atoms. The molecule has 0 atom stereocenters. The lowest BCUT2D eigenvalue weighted by Crippen LogP contribution is -2.24. The lowest BCUT2D eigenvalue weighted by Gasteiger charge is -2.29. The van der Waals surface area contributed by atoms with E-state index in [-0.39, 0.29) is 0 Å². The second-order valence-corrected chi connectivity index (χ2v) is 4.67. The van der Waals surface area contributed by atoms with Gasteiger partial charge < -0.3 is 4.90 Å². The Labute approximate surface area is 96.4 Å². The Balaban J connectivity index is 2.56. The van der Waals surface area contributed by atoms with E-state index in [1.54, 1.807) is 0 Å². The first kappa shape index (κ1) is 10.6. The Kier molecular flexibility index (Phi) is 2.74. The molecule has 15 heavy (non-hydrogen) atoms. The van der Waals surface area contributed by atoms with E-state index in [0.29, 0.717) is 0 Å². The maximum absolute atomic E-state index is 6.29. The van der Waals surface area contributed by atoms with Crippen LogP contribution in [0.5, 0.6) is 0 Å². The molecule has 2 heteroatoms. The molecule has 0 unspecified atom stereocenters. The molecule has 1 aromatic rings. The van der Waals surface area contributed by atoms with Crippen molar-refractivity contribution in [3.05, 3.63) is 34.9 Å². The van der Waals surface area contributed by atoms with Crippen LogP contribution in [0.1, 0.15) is 24.5 Å². The van der Waals surface area contributed by atoms with E-state index < -0.39 is 0 Å². The first-order chi connectivity index (χ1) is 7.09. The van der Waals surface area contributed by atoms with Crippen LogP contribution in [0.2, 0.25) is 5.02 Å². The lowest BCUT2D eigenvalue weighted by atomic mass is 9.98. The van der Waals surface area contributed by atoms with Gasteiger partial charge in [-0.1, -0.05) is 23.8 Å². The number of hydrogen-bond donors (Lipinski definition) is 0. The summed E-state index contributed by atoms with van der Waals surface area (Å²) in [6.45, 7) is 7.09. The van der Waals surface area contributed by atoms with Crippen LogP contribution in [0, 0.1) is 0 Å². The van der Waals surface area contributed by atoms with E-state index in [4.69, 9.17) is 11.6 Å². The fraction of sp³-hybridized carbons (Fsp3) is 0.385. The van der Waals surface area contributed by atoms with Crippen molar-refractivity contribution in [3.63, 3.8) is 0 Å². The van der Waals surface area contributed by atoms with Crippen molar-refractivity contribution in [1.29, 1.82) is 0 Å². The molecule has 1 aliphatic rings. The van der Waals surface area contributed by atoms with Crippen LogP contribution in [-0.4, -0.2) is 13.6 Å². The highest BCUT2D eigenvalue weighted by molar-refractivity contribution is 6.32. The molecule has 0 N–H and O–H groups in total. The zero-order valence-electron chi connectivity index (χ0n) is 9.31. The van der Waals surface area contributed by atoms with Gasteiger partial charge in [0.1, 0.15) is 0 Å². The number of hydrogen-bond acceptors (Lipinski definition) is 1. The number of halogens is 1. The molecule has 1 aliphatic heterocycles. The molecule has 80 valence electrons. The Hall–Kier alpha value is -0.950. The number of anilines is 1. The summed E-state index contributed by atoms with van der Waals surface area (Å²) in [6.07, 6.45) is 2.28. The molecule has 0 aromatic heterocycles. The van der Waals surface area contributed by atoms with Gasteiger partial charge in [-0.05, 0) is 43.0 Å². The van der Waals surface area contributed by atoms with Gasteiger partial charge in [0.05, 0.1) is 0 Å². The number of nitrogens with zero attached hydrogens (tertiary/aromatic N) is 1. The molecule has 0 aliphatic carbocycles. The highest BCUT2D eigenvalue weighted by Crippen LogP contribution is 2.34. The molecule has 0 bridgehead atoms. The predicted octanol–water partition coefficient (Wildman–Crippen LogP) is 3.76. The second kappa shape index (κ2) is 3.90. The van der Waals surface area contributed by atoms with Gasteiger partial charge in [-0.25, -0.2) is 0 Å². The Morgan fingerprint density at radius 2 is 2.20 bits per heavy atom. The minimum absolute atomic E-state index is 0.886. The molecule has 0 saturated carbocycles. The number of benzene rings is 1. The van der Waals surface area contributed by atoms with Crippen LogP contribution in [0.15, 0.2) is 18.7 Å². The predicted molar refractivity (Wildman–Crippen MR) is 67.8 cm³/mol. The third-order valence-electron chi connectivity index (χ3n) is 3.00. The fourth-order valence-electron chi connectivity index (χ4n) is 2.07. The smallest absolute Gasteiger partial charge is 0.0464 e. The molecule has 1 nitrogen and oxygen atoms in total. The van der Waals surface area contributed by atoms with Crippen molar-refractivity contribution in [1.82, 2.24) is 0 Å². The number of allylic oxidation sites excluding steroid dienone is 1. The summed E-state index contributed by atoms with van der Waals surface area (Å²) in [7, 11) is 2.12. The van der Waals surface area contributed by atoms with Crippen molar-refractivity contribution < 1.29 is 0 Å². The molecule has 0 amide bonds. The first-order valence-corrected chi connectivity index (χ1v) is 5.67. The minimum atomic E-state index is 0.886. The standard InChI is InChI=1S/C13H16ClN/c1-9(2)10-7-12(14)11-5-4-6-15(3)13(11)8-10/h7-8H,1,4-6H2,2-3H3. The van der Waals surface area contributed by atoms with Crippen molar-refractivity contribution in [2.75, 3.05) is 18.5 Å². The summed E-state index contributed by atoms with van der Waals surface area (Å²) in [4.78, 5) is 2.27. The van der Waals surface area contributed by atoms with Gasteiger partial charge in [-0.15, -0.1) is 0 Å². The van der Waals surface area contributed by atoms with E-state index in [2.05, 4.69) is 24.6 Å². The van der Waals surface area contributed by atoms with E-state index >= 15 is 0 Å². The SMILES string of the molecule is C=C(C)c1cc(Cl)c2c(c1)N(C)CCC2. The van der Waals surface area contributed by atoms with Gasteiger partial charge >= 0.3 is 0 Å². The fourth-order valence-corrected chi connectivity index (χ4v) is 2.38. The van der Waals surface area contributed by atoms with Gasteiger partial charge in [0.25, 0.3) is 0 Å². The average molecular weight is 222 g/mol. The second-order valence-electron chi connectivity index (χ2n) is 4.26.